The number of halogens is 5. The SMILES string of the molecule is NC/C=C/c1c(F)c(F)c(Cl)c(F)c1Br. The van der Waals surface area contributed by atoms with Gasteiger partial charge in [-0.25, -0.2) is 13.2 Å². The fraction of sp³-hybridized carbons (Fsp3) is 0.111. The first-order chi connectivity index (χ1) is 7.00. The summed E-state index contributed by atoms with van der Waals surface area (Å²) in [6.07, 6.45) is 2.55. The van der Waals surface area contributed by atoms with Crippen LogP contribution in [0.5, 0.6) is 0 Å². The van der Waals surface area contributed by atoms with Crippen LogP contribution in [0, 0.1) is 17.5 Å². The maximum Gasteiger partial charge on any atom is 0.181 e. The zero-order valence-electron chi connectivity index (χ0n) is 7.33. The Labute approximate surface area is 97.8 Å². The molecule has 0 aromatic heterocycles. The molecule has 0 bridgehead atoms. The van der Waals surface area contributed by atoms with Gasteiger partial charge in [0.2, 0.25) is 0 Å². The van der Waals surface area contributed by atoms with Crippen LogP contribution in [0.25, 0.3) is 6.08 Å². The highest BCUT2D eigenvalue weighted by Gasteiger charge is 2.20. The Bertz CT molecular complexity index is 391. The first-order valence-corrected chi connectivity index (χ1v) is 5.05. The summed E-state index contributed by atoms with van der Waals surface area (Å²) in [6, 6.07) is 0. The lowest BCUT2D eigenvalue weighted by Crippen LogP contribution is -1.98. The number of benzene rings is 1. The Morgan fingerprint density at radius 2 is 1.80 bits per heavy atom. The van der Waals surface area contributed by atoms with Crippen molar-refractivity contribution in [1.82, 2.24) is 0 Å². The minimum Gasteiger partial charge on any atom is -0.327 e. The van der Waals surface area contributed by atoms with Crippen molar-refractivity contribution in [3.8, 4) is 0 Å². The van der Waals surface area contributed by atoms with Crippen molar-refractivity contribution in [2.24, 2.45) is 5.73 Å². The molecule has 1 aromatic rings. The Morgan fingerprint density at radius 3 is 2.33 bits per heavy atom. The molecule has 15 heavy (non-hydrogen) atoms. The van der Waals surface area contributed by atoms with E-state index >= 15 is 0 Å². The topological polar surface area (TPSA) is 26.0 Å². The molecule has 1 rings (SSSR count). The second-order valence-electron chi connectivity index (χ2n) is 2.62. The lowest BCUT2D eigenvalue weighted by molar-refractivity contribution is 0.491. The monoisotopic (exact) mass is 299 g/mol. The lowest BCUT2D eigenvalue weighted by Gasteiger charge is -2.06. The van der Waals surface area contributed by atoms with Gasteiger partial charge in [-0.1, -0.05) is 23.8 Å². The molecule has 6 heteroatoms. The second-order valence-corrected chi connectivity index (χ2v) is 3.79. The van der Waals surface area contributed by atoms with E-state index < -0.39 is 22.5 Å². The second kappa shape index (κ2) is 5.01. The highest BCUT2D eigenvalue weighted by Crippen LogP contribution is 2.33. The summed E-state index contributed by atoms with van der Waals surface area (Å²) in [6.45, 7) is 0.137. The minimum absolute atomic E-state index is 0.137. The Hall–Kier alpha value is -0.520. The molecule has 0 fully saturated rings. The van der Waals surface area contributed by atoms with E-state index in [1.54, 1.807) is 0 Å². The summed E-state index contributed by atoms with van der Waals surface area (Å²) in [5.74, 6) is -3.65. The molecule has 0 aliphatic carbocycles. The van der Waals surface area contributed by atoms with Crippen LogP contribution in [0.3, 0.4) is 0 Å². The van der Waals surface area contributed by atoms with Crippen molar-refractivity contribution in [2.75, 3.05) is 6.54 Å². The quantitative estimate of drug-likeness (QED) is 0.656. The van der Waals surface area contributed by atoms with Crippen molar-refractivity contribution in [1.29, 1.82) is 0 Å². The van der Waals surface area contributed by atoms with Crippen LogP contribution in [-0.2, 0) is 0 Å². The van der Waals surface area contributed by atoms with Crippen molar-refractivity contribution in [3.63, 3.8) is 0 Å². The molecule has 0 heterocycles. The van der Waals surface area contributed by atoms with E-state index in [0.717, 1.165) is 0 Å². The van der Waals surface area contributed by atoms with Crippen LogP contribution in [0.4, 0.5) is 13.2 Å². The zero-order chi connectivity index (χ0) is 11.6. The highest BCUT2D eigenvalue weighted by atomic mass is 79.9. The molecule has 0 aliphatic heterocycles. The van der Waals surface area contributed by atoms with Gasteiger partial charge in [-0.05, 0) is 15.9 Å². The van der Waals surface area contributed by atoms with Gasteiger partial charge < -0.3 is 5.73 Å². The maximum absolute atomic E-state index is 13.3. The van der Waals surface area contributed by atoms with Crippen LogP contribution in [0.2, 0.25) is 5.02 Å². The van der Waals surface area contributed by atoms with Crippen LogP contribution >= 0.6 is 27.5 Å². The molecular formula is C9H6BrClF3N. The van der Waals surface area contributed by atoms with Gasteiger partial charge in [0.25, 0.3) is 0 Å². The van der Waals surface area contributed by atoms with Crippen LogP contribution in [0.15, 0.2) is 10.5 Å². The molecule has 0 unspecified atom stereocenters. The Balaban J connectivity index is 3.45. The van der Waals surface area contributed by atoms with Crippen molar-refractivity contribution in [2.45, 2.75) is 0 Å². The van der Waals surface area contributed by atoms with E-state index in [1.807, 2.05) is 0 Å². The molecule has 2 N–H and O–H groups in total. The van der Waals surface area contributed by atoms with Crippen molar-refractivity contribution < 1.29 is 13.2 Å². The molecule has 0 saturated heterocycles. The average Bonchev–Trinajstić information content (AvgIpc) is 2.24. The molecule has 0 amide bonds. The summed E-state index contributed by atoms with van der Waals surface area (Å²) in [4.78, 5) is 0. The maximum atomic E-state index is 13.3. The van der Waals surface area contributed by atoms with Crippen LogP contribution in [0.1, 0.15) is 5.56 Å². The lowest BCUT2D eigenvalue weighted by atomic mass is 10.2. The highest BCUT2D eigenvalue weighted by molar-refractivity contribution is 9.10. The first-order valence-electron chi connectivity index (χ1n) is 3.88. The van der Waals surface area contributed by atoms with Crippen molar-refractivity contribution in [3.05, 3.63) is 38.6 Å². The third-order valence-corrected chi connectivity index (χ3v) is 2.77. The Morgan fingerprint density at radius 1 is 1.20 bits per heavy atom. The number of hydrogen-bond donors (Lipinski definition) is 1. The minimum atomic E-state index is -1.41. The van der Waals surface area contributed by atoms with Gasteiger partial charge in [-0.3, -0.25) is 0 Å². The molecule has 0 radical (unpaired) electrons. The van der Waals surface area contributed by atoms with E-state index in [-0.39, 0.29) is 16.6 Å². The normalized spacial score (nSPS) is 11.3. The summed E-state index contributed by atoms with van der Waals surface area (Å²) in [5.41, 5.74) is 4.89. The van der Waals surface area contributed by atoms with Gasteiger partial charge in [-0.15, -0.1) is 0 Å². The fourth-order valence-corrected chi connectivity index (χ4v) is 1.75. The Kier molecular flexibility index (Phi) is 4.19. The smallest absolute Gasteiger partial charge is 0.181 e. The third-order valence-electron chi connectivity index (χ3n) is 1.66. The van der Waals surface area contributed by atoms with Gasteiger partial charge in [0.1, 0.15) is 5.02 Å². The largest absolute Gasteiger partial charge is 0.327 e. The number of nitrogens with two attached hydrogens (primary N) is 1. The van der Waals surface area contributed by atoms with Gasteiger partial charge in [0.15, 0.2) is 17.5 Å². The molecule has 82 valence electrons. The van der Waals surface area contributed by atoms with E-state index in [2.05, 4.69) is 15.9 Å². The predicted molar refractivity (Wildman–Crippen MR) is 57.1 cm³/mol. The van der Waals surface area contributed by atoms with E-state index in [1.165, 1.54) is 12.2 Å². The molecule has 1 nitrogen and oxygen atoms in total. The van der Waals surface area contributed by atoms with E-state index in [4.69, 9.17) is 17.3 Å². The summed E-state index contributed by atoms with van der Waals surface area (Å²) < 4.78 is 39.3. The molecule has 0 saturated carbocycles. The number of rotatable bonds is 2. The standard InChI is InChI=1S/C9H6BrClF3N/c10-5-4(2-1-3-15)7(12)9(14)6(11)8(5)13/h1-2H,3,15H2/b2-1+. The molecule has 0 atom stereocenters. The third kappa shape index (κ3) is 2.35. The molecular weight excluding hydrogens is 294 g/mol. The van der Waals surface area contributed by atoms with Crippen molar-refractivity contribution >= 4 is 33.6 Å². The number of hydrogen-bond acceptors (Lipinski definition) is 1. The van der Waals surface area contributed by atoms with E-state index in [9.17, 15) is 13.2 Å². The molecule has 1 aromatic carbocycles. The zero-order valence-corrected chi connectivity index (χ0v) is 9.67. The first kappa shape index (κ1) is 12.5. The van der Waals surface area contributed by atoms with Gasteiger partial charge in [0.05, 0.1) is 4.47 Å². The van der Waals surface area contributed by atoms with Crippen LogP contribution in [-0.4, -0.2) is 6.54 Å². The van der Waals surface area contributed by atoms with Gasteiger partial charge in [0, 0.05) is 12.1 Å². The summed E-state index contributed by atoms with van der Waals surface area (Å²) in [7, 11) is 0. The van der Waals surface area contributed by atoms with Gasteiger partial charge >= 0.3 is 0 Å². The predicted octanol–water partition coefficient (Wildman–Crippen LogP) is 3.49. The van der Waals surface area contributed by atoms with Crippen LogP contribution < -0.4 is 5.73 Å². The summed E-state index contributed by atoms with van der Waals surface area (Å²) >= 11 is 8.01. The van der Waals surface area contributed by atoms with Gasteiger partial charge in [-0.2, -0.15) is 0 Å². The average molecular weight is 301 g/mol. The summed E-state index contributed by atoms with van der Waals surface area (Å²) in [5, 5.41) is -0.871. The molecule has 0 aliphatic rings. The van der Waals surface area contributed by atoms with E-state index in [0.29, 0.717) is 0 Å². The fourth-order valence-electron chi connectivity index (χ4n) is 0.954. The molecule has 0 spiro atoms.